The minimum absolute atomic E-state index is 0.0581. The van der Waals surface area contributed by atoms with Crippen molar-refractivity contribution in [3.05, 3.63) is 11.6 Å². The van der Waals surface area contributed by atoms with Crippen molar-refractivity contribution in [2.24, 2.45) is 28.6 Å². The molecule has 7 atom stereocenters. The first kappa shape index (κ1) is 33.3. The molecule has 0 aromatic heterocycles. The molecule has 44 heavy (non-hydrogen) atoms. The van der Waals surface area contributed by atoms with Gasteiger partial charge in [-0.3, -0.25) is 28.8 Å². The van der Waals surface area contributed by atoms with Gasteiger partial charge in [0.05, 0.1) is 6.42 Å². The lowest BCUT2D eigenvalue weighted by atomic mass is 9.46. The van der Waals surface area contributed by atoms with Crippen LogP contribution in [0.5, 0.6) is 0 Å². The second-order valence-corrected chi connectivity index (χ2v) is 13.4. The highest BCUT2D eigenvalue weighted by Gasteiger charge is 2.68. The van der Waals surface area contributed by atoms with E-state index < -0.39 is 78.5 Å². The fourth-order valence-electron chi connectivity index (χ4n) is 8.83. The Morgan fingerprint density at radius 1 is 0.955 bits per heavy atom. The number of ether oxygens (including phenoxy) is 2. The lowest BCUT2D eigenvalue weighted by Crippen LogP contribution is -2.59. The molecule has 0 aromatic rings. The molecule has 4 rings (SSSR count). The number of ketones is 2. The summed E-state index contributed by atoms with van der Waals surface area (Å²) in [6.45, 7) is 4.91. The number of Topliss-reactive ketones (excluding diaryl/α,β-unsaturated/α-hetero) is 1. The third-order valence-corrected chi connectivity index (χ3v) is 11.1. The quantitative estimate of drug-likeness (QED) is 0.273. The molecule has 242 valence electrons. The van der Waals surface area contributed by atoms with Crippen LogP contribution in [0.3, 0.4) is 0 Å². The van der Waals surface area contributed by atoms with Crippen LogP contribution in [0.15, 0.2) is 11.6 Å². The Labute approximate surface area is 256 Å². The first-order chi connectivity index (χ1) is 20.6. The molecule has 12 nitrogen and oxygen atoms in total. The number of allylic oxidation sites excluding steroid dienone is 1. The highest BCUT2D eigenvalue weighted by Crippen LogP contribution is 2.68. The average molecular weight is 618 g/mol. The molecule has 0 aliphatic heterocycles. The molecule has 0 aromatic carbocycles. The van der Waals surface area contributed by atoms with Gasteiger partial charge in [0.25, 0.3) is 0 Å². The zero-order valence-corrected chi connectivity index (χ0v) is 25.6. The number of carbonyl (C=O) groups excluding carboxylic acids is 5. The third-order valence-electron chi connectivity index (χ3n) is 11.1. The normalized spacial score (nSPS) is 33.0. The van der Waals surface area contributed by atoms with Gasteiger partial charge in [-0.1, -0.05) is 19.4 Å². The molecule has 3 fully saturated rings. The van der Waals surface area contributed by atoms with Crippen molar-refractivity contribution >= 4 is 41.4 Å². The van der Waals surface area contributed by atoms with E-state index in [-0.39, 0.29) is 23.5 Å². The second kappa shape index (κ2) is 12.8. The summed E-state index contributed by atoms with van der Waals surface area (Å²) < 4.78 is 11.1. The Kier molecular flexibility index (Phi) is 9.70. The van der Waals surface area contributed by atoms with Crippen molar-refractivity contribution in [2.45, 2.75) is 109 Å². The summed E-state index contributed by atoms with van der Waals surface area (Å²) in [5.41, 5.74) is -0.937. The van der Waals surface area contributed by atoms with Gasteiger partial charge in [0.2, 0.25) is 11.7 Å². The number of rotatable bonds is 12. The van der Waals surface area contributed by atoms with Crippen molar-refractivity contribution in [3.8, 4) is 0 Å². The minimum atomic E-state index is -1.45. The van der Waals surface area contributed by atoms with Crippen LogP contribution >= 0.6 is 0 Å². The molecule has 4 aliphatic carbocycles. The van der Waals surface area contributed by atoms with Gasteiger partial charge in [-0.25, -0.2) is 4.79 Å². The summed E-state index contributed by atoms with van der Waals surface area (Å²) in [6.07, 6.45) is 5.82. The van der Waals surface area contributed by atoms with Crippen LogP contribution in [0.25, 0.3) is 0 Å². The van der Waals surface area contributed by atoms with Crippen LogP contribution in [0.2, 0.25) is 0 Å². The minimum Gasteiger partial charge on any atom is -0.481 e. The maximum Gasteiger partial charge on any atom is 0.326 e. The number of aliphatic carboxylic acids is 2. The number of hydrogen-bond acceptors (Lipinski definition) is 9. The SMILES string of the molecule is CC(=O)O[C@]1(C(=O)COC(=O)CCC(=O)NC(CCC(=O)O)C(=O)O)CCC2C3CCC4=CC(=O)CC[C@]4(C)C3CC[C@@]21C. The number of carbonyl (C=O) groups is 7. The van der Waals surface area contributed by atoms with Crippen LogP contribution in [-0.2, 0) is 43.0 Å². The summed E-state index contributed by atoms with van der Waals surface area (Å²) in [4.78, 5) is 85.1. The zero-order valence-electron chi connectivity index (χ0n) is 25.6. The lowest BCUT2D eigenvalue weighted by molar-refractivity contribution is -0.191. The van der Waals surface area contributed by atoms with Gasteiger partial charge in [-0.2, -0.15) is 0 Å². The summed E-state index contributed by atoms with van der Waals surface area (Å²) in [5.74, 6) is -4.34. The van der Waals surface area contributed by atoms with Crippen molar-refractivity contribution in [1.29, 1.82) is 0 Å². The molecule has 0 spiro atoms. The van der Waals surface area contributed by atoms with Gasteiger partial charge < -0.3 is 25.0 Å². The molecule has 0 radical (unpaired) electrons. The molecule has 1 amide bonds. The number of fused-ring (bicyclic) bond motifs is 5. The Morgan fingerprint density at radius 2 is 1.66 bits per heavy atom. The lowest BCUT2D eigenvalue weighted by Gasteiger charge is -2.59. The highest BCUT2D eigenvalue weighted by atomic mass is 16.6. The summed E-state index contributed by atoms with van der Waals surface area (Å²) in [5, 5.41) is 20.2. The van der Waals surface area contributed by atoms with Gasteiger partial charge >= 0.3 is 23.9 Å². The molecular weight excluding hydrogens is 574 g/mol. The van der Waals surface area contributed by atoms with E-state index in [2.05, 4.69) is 12.2 Å². The van der Waals surface area contributed by atoms with Crippen molar-refractivity contribution in [3.63, 3.8) is 0 Å². The molecule has 0 bridgehead atoms. The Hall–Kier alpha value is -3.57. The topological polar surface area (TPSA) is 190 Å². The molecule has 0 saturated heterocycles. The number of hydrogen-bond donors (Lipinski definition) is 3. The number of carboxylic acid groups (broad SMARTS) is 2. The monoisotopic (exact) mass is 617 g/mol. The highest BCUT2D eigenvalue weighted by molar-refractivity contribution is 5.94. The Morgan fingerprint density at radius 3 is 2.32 bits per heavy atom. The van der Waals surface area contributed by atoms with E-state index in [0.717, 1.165) is 25.7 Å². The summed E-state index contributed by atoms with van der Waals surface area (Å²) in [7, 11) is 0. The van der Waals surface area contributed by atoms with E-state index in [1.807, 2.05) is 13.0 Å². The molecule has 4 unspecified atom stereocenters. The predicted molar refractivity (Wildman–Crippen MR) is 153 cm³/mol. The van der Waals surface area contributed by atoms with Crippen LogP contribution < -0.4 is 5.32 Å². The van der Waals surface area contributed by atoms with E-state index in [9.17, 15) is 38.7 Å². The molecule has 3 N–H and O–H groups in total. The third kappa shape index (κ3) is 6.30. The van der Waals surface area contributed by atoms with E-state index in [4.69, 9.17) is 14.6 Å². The summed E-state index contributed by atoms with van der Waals surface area (Å²) >= 11 is 0. The fraction of sp³-hybridized carbons (Fsp3) is 0.719. The first-order valence-corrected chi connectivity index (χ1v) is 15.5. The van der Waals surface area contributed by atoms with E-state index in [1.165, 1.54) is 12.5 Å². The molecular formula is C32H43NO11. The Bertz CT molecular complexity index is 1270. The van der Waals surface area contributed by atoms with E-state index in [1.54, 1.807) is 0 Å². The zero-order chi connectivity index (χ0) is 32.4. The van der Waals surface area contributed by atoms with E-state index in [0.29, 0.717) is 37.5 Å². The largest absolute Gasteiger partial charge is 0.481 e. The van der Waals surface area contributed by atoms with Gasteiger partial charge in [0.1, 0.15) is 6.04 Å². The van der Waals surface area contributed by atoms with Gasteiger partial charge in [-0.15, -0.1) is 0 Å². The van der Waals surface area contributed by atoms with Crippen molar-refractivity contribution < 1.29 is 53.2 Å². The summed E-state index contributed by atoms with van der Waals surface area (Å²) in [6, 6.07) is -1.42. The average Bonchev–Trinajstić information content (AvgIpc) is 3.25. The number of esters is 2. The van der Waals surface area contributed by atoms with Crippen molar-refractivity contribution in [1.82, 2.24) is 5.32 Å². The maximum atomic E-state index is 13.8. The maximum absolute atomic E-state index is 13.8. The van der Waals surface area contributed by atoms with Gasteiger partial charge in [-0.05, 0) is 80.6 Å². The number of amides is 1. The fourth-order valence-corrected chi connectivity index (χ4v) is 8.83. The smallest absolute Gasteiger partial charge is 0.326 e. The van der Waals surface area contributed by atoms with E-state index >= 15 is 0 Å². The Balaban J connectivity index is 1.40. The van der Waals surface area contributed by atoms with Crippen LogP contribution in [-0.4, -0.2) is 69.8 Å². The standard InChI is InChI=1S/C32H43NO11/c1-18(34)44-32(25(36)17-43-28(40)9-7-26(37)33-24(29(41)42)6-8-27(38)39)15-12-23-21-5-4-19-16-20(35)10-13-30(19,2)22(21)11-14-31(23,32)3/h16,21-24H,4-15,17H2,1-3H3,(H,33,37)(H,38,39)(H,41,42)/t21?,22?,23?,24?,30-,31-,32-/m0/s1. The molecule has 0 heterocycles. The van der Waals surface area contributed by atoms with Crippen LogP contribution in [0.4, 0.5) is 0 Å². The second-order valence-electron chi connectivity index (χ2n) is 13.4. The molecule has 12 heteroatoms. The number of nitrogens with one attached hydrogen (secondary N) is 1. The van der Waals surface area contributed by atoms with Gasteiger partial charge in [0.15, 0.2) is 18.0 Å². The van der Waals surface area contributed by atoms with Gasteiger partial charge in [0, 0.05) is 31.6 Å². The molecule has 3 saturated carbocycles. The van der Waals surface area contributed by atoms with Crippen LogP contribution in [0, 0.1) is 28.6 Å². The number of carboxylic acids is 2. The molecule has 4 aliphatic rings. The van der Waals surface area contributed by atoms with Crippen molar-refractivity contribution in [2.75, 3.05) is 6.61 Å². The van der Waals surface area contributed by atoms with Crippen LogP contribution in [0.1, 0.15) is 97.8 Å². The first-order valence-electron chi connectivity index (χ1n) is 15.5. The predicted octanol–water partition coefficient (Wildman–Crippen LogP) is 3.15.